The van der Waals surface area contributed by atoms with Crippen LogP contribution in [0.4, 0.5) is 0 Å². The molecule has 0 spiro atoms. The number of rotatable bonds is 2. The Kier molecular flexibility index (Phi) is 8.46. The fourth-order valence-corrected chi connectivity index (χ4v) is 0.709. The van der Waals surface area contributed by atoms with E-state index in [0.29, 0.717) is 0 Å². The van der Waals surface area contributed by atoms with E-state index in [1.165, 1.54) is 6.92 Å². The van der Waals surface area contributed by atoms with Crippen molar-refractivity contribution in [1.82, 2.24) is 0 Å². The first-order chi connectivity index (χ1) is 5.09. The number of carbonyl (C=O) groups excluding carboxylic acids is 1. The molecule has 0 aromatic carbocycles. The van der Waals surface area contributed by atoms with Crippen molar-refractivity contribution in [2.75, 3.05) is 0 Å². The number of Topliss-reactive ketones (excluding diaryl/α,β-unsaturated/α-hetero) is 1. The largest absolute Gasteiger partial charge is 0.299 e. The van der Waals surface area contributed by atoms with Gasteiger partial charge in [-0.2, -0.15) is 5.26 Å². The molecule has 0 heterocycles. The standard InChI is InChI=1S/C7H11NO.C2H6/c1-5(2)7(4-8)6(3)9;1-2/h5,7H,1-3H3;1-2H3. The Bertz CT molecular complexity index is 144. The second-order valence-corrected chi connectivity index (χ2v) is 2.46. The second kappa shape index (κ2) is 7.27. The van der Waals surface area contributed by atoms with Gasteiger partial charge in [0.2, 0.25) is 0 Å². The Morgan fingerprint density at radius 3 is 1.73 bits per heavy atom. The molecule has 0 aliphatic heterocycles. The monoisotopic (exact) mass is 155 g/mol. The van der Waals surface area contributed by atoms with E-state index in [2.05, 4.69) is 0 Å². The Labute approximate surface area is 69.2 Å². The van der Waals surface area contributed by atoms with Crippen LogP contribution in [0.25, 0.3) is 0 Å². The average Bonchev–Trinajstić information content (AvgIpc) is 1.91. The first kappa shape index (κ1) is 12.8. The van der Waals surface area contributed by atoms with Gasteiger partial charge in [-0.3, -0.25) is 4.79 Å². The quantitative estimate of drug-likeness (QED) is 0.614. The molecule has 0 aliphatic carbocycles. The van der Waals surface area contributed by atoms with Crippen LogP contribution in [-0.2, 0) is 4.79 Å². The SMILES string of the molecule is CC.CC(=O)C(C#N)C(C)C. The molecule has 11 heavy (non-hydrogen) atoms. The summed E-state index contributed by atoms with van der Waals surface area (Å²) >= 11 is 0. The van der Waals surface area contributed by atoms with Crippen molar-refractivity contribution in [3.8, 4) is 6.07 Å². The zero-order valence-corrected chi connectivity index (χ0v) is 8.01. The van der Waals surface area contributed by atoms with Gasteiger partial charge in [-0.15, -0.1) is 0 Å². The molecule has 0 aromatic heterocycles. The van der Waals surface area contributed by atoms with E-state index in [1.54, 1.807) is 0 Å². The van der Waals surface area contributed by atoms with Crippen molar-refractivity contribution in [3.63, 3.8) is 0 Å². The summed E-state index contributed by atoms with van der Waals surface area (Å²) in [5.41, 5.74) is 0. The molecule has 0 saturated heterocycles. The van der Waals surface area contributed by atoms with Crippen LogP contribution in [0, 0.1) is 23.2 Å². The van der Waals surface area contributed by atoms with Gasteiger partial charge in [0.25, 0.3) is 0 Å². The number of ketones is 1. The highest BCUT2D eigenvalue weighted by atomic mass is 16.1. The molecule has 0 amide bonds. The predicted octanol–water partition coefficient (Wildman–Crippen LogP) is 2.40. The lowest BCUT2D eigenvalue weighted by Gasteiger charge is -2.06. The van der Waals surface area contributed by atoms with Crippen molar-refractivity contribution >= 4 is 5.78 Å². The van der Waals surface area contributed by atoms with Crippen LogP contribution in [0.1, 0.15) is 34.6 Å². The van der Waals surface area contributed by atoms with E-state index < -0.39 is 5.92 Å². The summed E-state index contributed by atoms with van der Waals surface area (Å²) in [5.74, 6) is -0.301. The molecule has 1 unspecified atom stereocenters. The smallest absolute Gasteiger partial charge is 0.147 e. The highest BCUT2D eigenvalue weighted by molar-refractivity contribution is 5.80. The minimum Gasteiger partial charge on any atom is -0.299 e. The fourth-order valence-electron chi connectivity index (χ4n) is 0.709. The first-order valence-electron chi connectivity index (χ1n) is 3.99. The van der Waals surface area contributed by atoms with Crippen LogP contribution in [0.3, 0.4) is 0 Å². The second-order valence-electron chi connectivity index (χ2n) is 2.46. The molecular formula is C9H17NO. The third-order valence-electron chi connectivity index (χ3n) is 1.24. The minimum atomic E-state index is -0.412. The van der Waals surface area contributed by atoms with Crippen molar-refractivity contribution in [2.45, 2.75) is 34.6 Å². The van der Waals surface area contributed by atoms with Crippen LogP contribution in [0.15, 0.2) is 0 Å². The molecule has 0 N–H and O–H groups in total. The lowest BCUT2D eigenvalue weighted by atomic mass is 9.94. The van der Waals surface area contributed by atoms with E-state index in [-0.39, 0.29) is 11.7 Å². The number of nitrogens with zero attached hydrogens (tertiary/aromatic N) is 1. The molecule has 0 bridgehead atoms. The van der Waals surface area contributed by atoms with Crippen LogP contribution >= 0.6 is 0 Å². The summed E-state index contributed by atoms with van der Waals surface area (Å²) < 4.78 is 0. The normalized spacial score (nSPS) is 11.0. The lowest BCUT2D eigenvalue weighted by molar-refractivity contribution is -0.120. The van der Waals surface area contributed by atoms with E-state index in [1.807, 2.05) is 33.8 Å². The van der Waals surface area contributed by atoms with Crippen LogP contribution in [0.5, 0.6) is 0 Å². The summed E-state index contributed by atoms with van der Waals surface area (Å²) in [6, 6.07) is 1.95. The van der Waals surface area contributed by atoms with Gasteiger partial charge in [-0.25, -0.2) is 0 Å². The van der Waals surface area contributed by atoms with Gasteiger partial charge in [0.1, 0.15) is 11.7 Å². The van der Waals surface area contributed by atoms with E-state index in [9.17, 15) is 4.79 Å². The van der Waals surface area contributed by atoms with Crippen molar-refractivity contribution < 1.29 is 4.79 Å². The summed E-state index contributed by atoms with van der Waals surface area (Å²) in [6.45, 7) is 9.19. The van der Waals surface area contributed by atoms with Gasteiger partial charge in [0.15, 0.2) is 0 Å². The Balaban J connectivity index is 0. The number of hydrogen-bond acceptors (Lipinski definition) is 2. The van der Waals surface area contributed by atoms with Crippen molar-refractivity contribution in [3.05, 3.63) is 0 Å². The van der Waals surface area contributed by atoms with Gasteiger partial charge >= 0.3 is 0 Å². The molecule has 0 radical (unpaired) electrons. The van der Waals surface area contributed by atoms with Crippen LogP contribution in [-0.4, -0.2) is 5.78 Å². The van der Waals surface area contributed by atoms with Crippen LogP contribution in [0.2, 0.25) is 0 Å². The predicted molar refractivity (Wildman–Crippen MR) is 46.0 cm³/mol. The van der Waals surface area contributed by atoms with Gasteiger partial charge in [-0.05, 0) is 12.8 Å². The summed E-state index contributed by atoms with van der Waals surface area (Å²) in [5, 5.41) is 8.40. The van der Waals surface area contributed by atoms with Gasteiger partial charge in [-0.1, -0.05) is 27.7 Å². The highest BCUT2D eigenvalue weighted by Crippen LogP contribution is 2.09. The number of hydrogen-bond donors (Lipinski definition) is 0. The number of carbonyl (C=O) groups is 1. The Morgan fingerprint density at radius 2 is 1.73 bits per heavy atom. The molecule has 0 rings (SSSR count). The molecule has 2 heteroatoms. The maximum Gasteiger partial charge on any atom is 0.147 e. The van der Waals surface area contributed by atoms with Gasteiger partial charge < -0.3 is 0 Å². The molecule has 0 aliphatic rings. The minimum absolute atomic E-state index is 0.0347. The zero-order valence-electron chi connectivity index (χ0n) is 8.01. The fraction of sp³-hybridized carbons (Fsp3) is 0.778. The van der Waals surface area contributed by atoms with Gasteiger partial charge in [0.05, 0.1) is 6.07 Å². The average molecular weight is 155 g/mol. The maximum absolute atomic E-state index is 10.6. The first-order valence-corrected chi connectivity index (χ1v) is 3.99. The lowest BCUT2D eigenvalue weighted by Crippen LogP contribution is -2.14. The molecule has 64 valence electrons. The third kappa shape index (κ3) is 5.60. The molecule has 0 saturated carbocycles. The summed E-state index contributed by atoms with van der Waals surface area (Å²) in [7, 11) is 0. The van der Waals surface area contributed by atoms with E-state index >= 15 is 0 Å². The summed E-state index contributed by atoms with van der Waals surface area (Å²) in [4.78, 5) is 10.6. The molecule has 0 aromatic rings. The van der Waals surface area contributed by atoms with Crippen molar-refractivity contribution in [1.29, 1.82) is 5.26 Å². The highest BCUT2D eigenvalue weighted by Gasteiger charge is 2.16. The van der Waals surface area contributed by atoms with Crippen molar-refractivity contribution in [2.24, 2.45) is 11.8 Å². The summed E-state index contributed by atoms with van der Waals surface area (Å²) in [6.07, 6.45) is 0. The van der Waals surface area contributed by atoms with Crippen LogP contribution < -0.4 is 0 Å². The van der Waals surface area contributed by atoms with E-state index in [4.69, 9.17) is 5.26 Å². The Hall–Kier alpha value is -0.840. The maximum atomic E-state index is 10.6. The van der Waals surface area contributed by atoms with E-state index in [0.717, 1.165) is 0 Å². The molecule has 1 atom stereocenters. The molecule has 2 nitrogen and oxygen atoms in total. The zero-order chi connectivity index (χ0) is 9.44. The topological polar surface area (TPSA) is 40.9 Å². The van der Waals surface area contributed by atoms with Gasteiger partial charge in [0, 0.05) is 0 Å². The number of nitriles is 1. The third-order valence-corrected chi connectivity index (χ3v) is 1.24. The Morgan fingerprint density at radius 1 is 1.36 bits per heavy atom. The molecular weight excluding hydrogens is 138 g/mol. The molecule has 0 fully saturated rings.